The lowest BCUT2D eigenvalue weighted by molar-refractivity contribution is -0.130. The molecule has 102 valence electrons. The highest BCUT2D eigenvalue weighted by molar-refractivity contribution is 6.32. The zero-order valence-corrected chi connectivity index (χ0v) is 11.6. The third kappa shape index (κ3) is 3.19. The first kappa shape index (κ1) is 14.2. The molecule has 0 radical (unpaired) electrons. The van der Waals surface area contributed by atoms with Crippen molar-refractivity contribution in [2.24, 2.45) is 0 Å². The lowest BCUT2D eigenvalue weighted by Gasteiger charge is -2.06. The van der Waals surface area contributed by atoms with Gasteiger partial charge in [0.2, 0.25) is 0 Å². The van der Waals surface area contributed by atoms with E-state index in [2.05, 4.69) is 0 Å². The predicted molar refractivity (Wildman–Crippen MR) is 79.8 cm³/mol. The average Bonchev–Trinajstić information content (AvgIpc) is 2.39. The number of carbonyl (C=O) groups is 1. The third-order valence-electron chi connectivity index (χ3n) is 2.89. The maximum atomic E-state index is 11.4. The molecule has 0 aromatic heterocycles. The average molecular weight is 289 g/mol. The molecule has 0 amide bonds. The van der Waals surface area contributed by atoms with Crippen molar-refractivity contribution in [2.45, 2.75) is 6.92 Å². The smallest absolute Gasteiger partial charge is 0.336 e. The first-order chi connectivity index (χ1) is 9.47. The highest BCUT2D eigenvalue weighted by Crippen LogP contribution is 2.25. The van der Waals surface area contributed by atoms with Crippen LogP contribution in [0.15, 0.2) is 42.5 Å². The van der Waals surface area contributed by atoms with E-state index in [1.54, 1.807) is 30.3 Å². The van der Waals surface area contributed by atoms with Crippen LogP contribution in [0.25, 0.3) is 11.6 Å². The molecule has 0 saturated heterocycles. The van der Waals surface area contributed by atoms with Crippen molar-refractivity contribution in [1.82, 2.24) is 0 Å². The van der Waals surface area contributed by atoms with E-state index in [0.717, 1.165) is 5.56 Å². The van der Waals surface area contributed by atoms with Gasteiger partial charge in [-0.2, -0.15) is 0 Å². The van der Waals surface area contributed by atoms with Gasteiger partial charge in [-0.3, -0.25) is 0 Å². The van der Waals surface area contributed by atoms with Crippen LogP contribution in [0.3, 0.4) is 0 Å². The second-order valence-electron chi connectivity index (χ2n) is 4.42. The zero-order chi connectivity index (χ0) is 14.7. The van der Waals surface area contributed by atoms with Crippen LogP contribution in [0.2, 0.25) is 5.02 Å². The number of hydrogen-bond donors (Lipinski definition) is 2. The van der Waals surface area contributed by atoms with Crippen LogP contribution in [0, 0.1) is 6.92 Å². The Balaban J connectivity index is 2.51. The lowest BCUT2D eigenvalue weighted by atomic mass is 10.0. The van der Waals surface area contributed by atoms with E-state index >= 15 is 0 Å². The van der Waals surface area contributed by atoms with Crippen molar-refractivity contribution in [3.05, 3.63) is 64.2 Å². The molecule has 2 rings (SSSR count). The fourth-order valence-electron chi connectivity index (χ4n) is 1.81. The molecular weight excluding hydrogens is 276 g/mol. The van der Waals surface area contributed by atoms with Crippen LogP contribution in [-0.2, 0) is 4.79 Å². The number of halogens is 1. The molecule has 0 saturated carbocycles. The van der Waals surface area contributed by atoms with E-state index in [1.807, 2.05) is 6.92 Å². The summed E-state index contributed by atoms with van der Waals surface area (Å²) in [5.74, 6) is -0.960. The number of benzene rings is 2. The van der Waals surface area contributed by atoms with Gasteiger partial charge in [-0.1, -0.05) is 35.9 Å². The van der Waals surface area contributed by atoms with Crippen molar-refractivity contribution in [3.8, 4) is 5.75 Å². The molecule has 0 atom stereocenters. The summed E-state index contributed by atoms with van der Waals surface area (Å²) >= 11 is 6.03. The molecule has 2 aromatic rings. The lowest BCUT2D eigenvalue weighted by Crippen LogP contribution is -2.00. The van der Waals surface area contributed by atoms with E-state index in [9.17, 15) is 15.0 Å². The fraction of sp³-hybridized carbons (Fsp3) is 0.0625. The predicted octanol–water partition coefficient (Wildman–Crippen LogP) is 3.98. The van der Waals surface area contributed by atoms with Crippen molar-refractivity contribution in [3.63, 3.8) is 0 Å². The molecule has 0 spiro atoms. The third-order valence-corrected chi connectivity index (χ3v) is 3.30. The summed E-state index contributed by atoms with van der Waals surface area (Å²) in [6.07, 6.45) is 1.50. The van der Waals surface area contributed by atoms with Crippen LogP contribution in [0.5, 0.6) is 5.75 Å². The first-order valence-corrected chi connectivity index (χ1v) is 6.36. The first-order valence-electron chi connectivity index (χ1n) is 5.98. The fourth-order valence-corrected chi connectivity index (χ4v) is 1.99. The molecule has 0 aliphatic rings. The maximum Gasteiger partial charge on any atom is 0.336 e. The zero-order valence-electron chi connectivity index (χ0n) is 10.8. The van der Waals surface area contributed by atoms with Crippen LogP contribution in [-0.4, -0.2) is 16.2 Å². The van der Waals surface area contributed by atoms with Crippen molar-refractivity contribution < 1.29 is 15.0 Å². The van der Waals surface area contributed by atoms with Crippen molar-refractivity contribution in [1.29, 1.82) is 0 Å². The number of carboxylic acid groups (broad SMARTS) is 1. The molecule has 0 aliphatic carbocycles. The van der Waals surface area contributed by atoms with Gasteiger partial charge in [-0.25, -0.2) is 4.79 Å². The molecule has 2 N–H and O–H groups in total. The Bertz CT molecular complexity index is 690. The van der Waals surface area contributed by atoms with Gasteiger partial charge in [0.1, 0.15) is 5.75 Å². The van der Waals surface area contributed by atoms with Crippen LogP contribution < -0.4 is 0 Å². The molecule has 20 heavy (non-hydrogen) atoms. The van der Waals surface area contributed by atoms with E-state index in [0.29, 0.717) is 16.1 Å². The molecular formula is C16H13ClO3. The summed E-state index contributed by atoms with van der Waals surface area (Å²) < 4.78 is 0. The van der Waals surface area contributed by atoms with Crippen molar-refractivity contribution >= 4 is 29.2 Å². The van der Waals surface area contributed by atoms with Gasteiger partial charge < -0.3 is 10.2 Å². The number of aryl methyl sites for hydroxylation is 1. The largest absolute Gasteiger partial charge is 0.508 e. The van der Waals surface area contributed by atoms with Gasteiger partial charge in [0.05, 0.1) is 5.57 Å². The van der Waals surface area contributed by atoms with E-state index in [-0.39, 0.29) is 11.3 Å². The molecule has 0 bridgehead atoms. The number of phenols is 1. The SMILES string of the molecule is Cc1ccc(/C(=C/c2cccc(O)c2)C(=O)O)cc1Cl. The maximum absolute atomic E-state index is 11.4. The van der Waals surface area contributed by atoms with Crippen molar-refractivity contribution in [2.75, 3.05) is 0 Å². The molecule has 2 aromatic carbocycles. The summed E-state index contributed by atoms with van der Waals surface area (Å²) in [6, 6.07) is 11.5. The Labute approximate surface area is 121 Å². The second kappa shape index (κ2) is 5.80. The molecule has 0 fully saturated rings. The summed E-state index contributed by atoms with van der Waals surface area (Å²) in [5.41, 5.74) is 2.14. The topological polar surface area (TPSA) is 57.5 Å². The number of carboxylic acids is 1. The highest BCUT2D eigenvalue weighted by atomic mass is 35.5. The summed E-state index contributed by atoms with van der Waals surface area (Å²) in [4.78, 5) is 11.4. The minimum absolute atomic E-state index is 0.0884. The van der Waals surface area contributed by atoms with Gasteiger partial charge >= 0.3 is 5.97 Å². The Morgan fingerprint density at radius 3 is 2.55 bits per heavy atom. The summed E-state index contributed by atoms with van der Waals surface area (Å²) in [7, 11) is 0. The monoisotopic (exact) mass is 288 g/mol. The standard InChI is InChI=1S/C16H13ClO3/c1-10-5-6-12(9-15(10)17)14(16(19)20)8-11-3-2-4-13(18)7-11/h2-9,18H,1H3,(H,19,20)/b14-8-. The molecule has 0 aliphatic heterocycles. The second-order valence-corrected chi connectivity index (χ2v) is 4.83. The highest BCUT2D eigenvalue weighted by Gasteiger charge is 2.11. The molecule has 0 unspecified atom stereocenters. The minimum atomic E-state index is -1.05. The van der Waals surface area contributed by atoms with Gasteiger partial charge in [-0.05, 0) is 47.9 Å². The Hall–Kier alpha value is -2.26. The van der Waals surface area contributed by atoms with Crippen LogP contribution in [0.1, 0.15) is 16.7 Å². The Morgan fingerprint density at radius 2 is 1.95 bits per heavy atom. The number of phenolic OH excluding ortho intramolecular Hbond substituents is 1. The van der Waals surface area contributed by atoms with Gasteiger partial charge in [-0.15, -0.1) is 0 Å². The minimum Gasteiger partial charge on any atom is -0.508 e. The van der Waals surface area contributed by atoms with Crippen LogP contribution >= 0.6 is 11.6 Å². The van der Waals surface area contributed by atoms with E-state index in [4.69, 9.17) is 11.6 Å². The van der Waals surface area contributed by atoms with Gasteiger partial charge in [0, 0.05) is 5.02 Å². The number of aromatic hydroxyl groups is 1. The van der Waals surface area contributed by atoms with E-state index < -0.39 is 5.97 Å². The number of hydrogen-bond acceptors (Lipinski definition) is 2. The number of aliphatic carboxylic acids is 1. The molecule has 0 heterocycles. The summed E-state index contributed by atoms with van der Waals surface area (Å²) in [5, 5.41) is 19.3. The van der Waals surface area contributed by atoms with Gasteiger partial charge in [0.25, 0.3) is 0 Å². The van der Waals surface area contributed by atoms with Crippen LogP contribution in [0.4, 0.5) is 0 Å². The molecule has 3 nitrogen and oxygen atoms in total. The Kier molecular flexibility index (Phi) is 4.11. The number of rotatable bonds is 3. The molecule has 4 heteroatoms. The quantitative estimate of drug-likeness (QED) is 0.663. The Morgan fingerprint density at radius 1 is 1.20 bits per heavy atom. The normalized spacial score (nSPS) is 11.4. The van der Waals surface area contributed by atoms with Gasteiger partial charge in [0.15, 0.2) is 0 Å². The van der Waals surface area contributed by atoms with E-state index in [1.165, 1.54) is 18.2 Å². The summed E-state index contributed by atoms with van der Waals surface area (Å²) in [6.45, 7) is 1.85.